The van der Waals surface area contributed by atoms with Gasteiger partial charge >= 0.3 is 0 Å². The number of hydrogen-bond acceptors (Lipinski definition) is 4. The van der Waals surface area contributed by atoms with Crippen molar-refractivity contribution in [2.45, 2.75) is 6.61 Å². The minimum Gasteiger partial charge on any atom is -0.496 e. The Kier molecular flexibility index (Phi) is 6.47. The van der Waals surface area contributed by atoms with Crippen molar-refractivity contribution in [3.63, 3.8) is 0 Å². The quantitative estimate of drug-likeness (QED) is 0.403. The third kappa shape index (κ3) is 4.80. The average molecular weight is 374 g/mol. The number of carbonyl (C=O) groups excluding carboxylic acids is 1. The molecule has 4 nitrogen and oxygen atoms in total. The van der Waals surface area contributed by atoms with E-state index in [1.165, 1.54) is 6.08 Å². The number of ether oxygens (including phenoxy) is 3. The Morgan fingerprint density at radius 1 is 0.821 bits per heavy atom. The van der Waals surface area contributed by atoms with Gasteiger partial charge < -0.3 is 14.2 Å². The maximum absolute atomic E-state index is 12.5. The van der Waals surface area contributed by atoms with Crippen molar-refractivity contribution in [2.75, 3.05) is 14.2 Å². The van der Waals surface area contributed by atoms with Gasteiger partial charge in [-0.05, 0) is 41.5 Å². The standard InChI is InChI=1S/C24H22O4/c1-26-22-11-7-6-10-20(22)21(25)14-12-18-13-15-23(24(16-18)27-2)28-17-19-8-4-3-5-9-19/h3-16H,17H2,1-2H3. The van der Waals surface area contributed by atoms with Gasteiger partial charge in [-0.15, -0.1) is 0 Å². The zero-order valence-corrected chi connectivity index (χ0v) is 15.9. The van der Waals surface area contributed by atoms with Crippen LogP contribution in [0.4, 0.5) is 0 Å². The molecule has 3 aromatic carbocycles. The summed E-state index contributed by atoms with van der Waals surface area (Å²) in [7, 11) is 3.15. The highest BCUT2D eigenvalue weighted by atomic mass is 16.5. The molecule has 0 aliphatic carbocycles. The van der Waals surface area contributed by atoms with Crippen LogP contribution >= 0.6 is 0 Å². The van der Waals surface area contributed by atoms with Gasteiger partial charge in [0.15, 0.2) is 17.3 Å². The minimum absolute atomic E-state index is 0.124. The second kappa shape index (κ2) is 9.42. The van der Waals surface area contributed by atoms with Crippen LogP contribution in [0.3, 0.4) is 0 Å². The molecule has 142 valence electrons. The Balaban J connectivity index is 1.72. The fourth-order valence-electron chi connectivity index (χ4n) is 2.75. The van der Waals surface area contributed by atoms with Gasteiger partial charge in [0.1, 0.15) is 12.4 Å². The molecule has 0 amide bonds. The van der Waals surface area contributed by atoms with E-state index in [9.17, 15) is 4.79 Å². The number of ketones is 1. The summed E-state index contributed by atoms with van der Waals surface area (Å²) in [5.74, 6) is 1.70. The van der Waals surface area contributed by atoms with Crippen LogP contribution in [0.5, 0.6) is 17.2 Å². The van der Waals surface area contributed by atoms with Crippen LogP contribution < -0.4 is 14.2 Å². The van der Waals surface area contributed by atoms with Gasteiger partial charge in [0, 0.05) is 0 Å². The maximum Gasteiger partial charge on any atom is 0.189 e. The molecule has 0 aliphatic rings. The first-order valence-corrected chi connectivity index (χ1v) is 8.91. The van der Waals surface area contributed by atoms with Gasteiger partial charge in [0.05, 0.1) is 19.8 Å². The topological polar surface area (TPSA) is 44.8 Å². The molecular weight excluding hydrogens is 352 g/mol. The van der Waals surface area contributed by atoms with E-state index in [0.29, 0.717) is 29.4 Å². The van der Waals surface area contributed by atoms with Crippen LogP contribution in [0.2, 0.25) is 0 Å². The monoisotopic (exact) mass is 374 g/mol. The van der Waals surface area contributed by atoms with Gasteiger partial charge in [-0.3, -0.25) is 4.79 Å². The SMILES string of the molecule is COc1cc(C=CC(=O)c2ccccc2OC)ccc1OCc1ccccc1. The minimum atomic E-state index is -0.124. The van der Waals surface area contributed by atoms with Gasteiger partial charge in [-0.1, -0.05) is 54.6 Å². The Morgan fingerprint density at radius 2 is 1.54 bits per heavy atom. The van der Waals surface area contributed by atoms with Crippen LogP contribution in [-0.2, 0) is 6.61 Å². The van der Waals surface area contributed by atoms with Crippen LogP contribution in [-0.4, -0.2) is 20.0 Å². The lowest BCUT2D eigenvalue weighted by Crippen LogP contribution is -1.99. The number of methoxy groups -OCH3 is 2. The Hall–Kier alpha value is -3.53. The molecule has 0 atom stereocenters. The molecule has 3 rings (SSSR count). The third-order valence-electron chi connectivity index (χ3n) is 4.22. The summed E-state index contributed by atoms with van der Waals surface area (Å²) in [6.07, 6.45) is 3.27. The molecule has 0 N–H and O–H groups in total. The van der Waals surface area contributed by atoms with E-state index in [1.807, 2.05) is 60.7 Å². The first kappa shape index (κ1) is 19.2. The normalized spacial score (nSPS) is 10.6. The number of allylic oxidation sites excluding steroid dienone is 1. The third-order valence-corrected chi connectivity index (χ3v) is 4.22. The average Bonchev–Trinajstić information content (AvgIpc) is 2.76. The number of hydrogen-bond donors (Lipinski definition) is 0. The summed E-state index contributed by atoms with van der Waals surface area (Å²) in [5.41, 5.74) is 2.44. The van der Waals surface area contributed by atoms with Crippen molar-refractivity contribution in [3.8, 4) is 17.2 Å². The lowest BCUT2D eigenvalue weighted by molar-refractivity contribution is 0.104. The predicted molar refractivity (Wildman–Crippen MR) is 110 cm³/mol. The van der Waals surface area contributed by atoms with Gasteiger partial charge in [-0.25, -0.2) is 0 Å². The second-order valence-corrected chi connectivity index (χ2v) is 6.08. The first-order chi connectivity index (χ1) is 13.7. The smallest absolute Gasteiger partial charge is 0.189 e. The van der Waals surface area contributed by atoms with Crippen LogP contribution in [0.15, 0.2) is 78.9 Å². The molecule has 0 unspecified atom stereocenters. The zero-order valence-electron chi connectivity index (χ0n) is 15.9. The molecule has 0 fully saturated rings. The molecule has 0 saturated heterocycles. The highest BCUT2D eigenvalue weighted by molar-refractivity contribution is 6.08. The van der Waals surface area contributed by atoms with Crippen molar-refractivity contribution in [1.82, 2.24) is 0 Å². The lowest BCUT2D eigenvalue weighted by Gasteiger charge is -2.11. The summed E-state index contributed by atoms with van der Waals surface area (Å²) in [4.78, 5) is 12.5. The fourth-order valence-corrected chi connectivity index (χ4v) is 2.75. The van der Waals surface area contributed by atoms with Gasteiger partial charge in [-0.2, -0.15) is 0 Å². The van der Waals surface area contributed by atoms with E-state index in [4.69, 9.17) is 14.2 Å². The highest BCUT2D eigenvalue weighted by Gasteiger charge is 2.09. The number of rotatable bonds is 8. The number of carbonyl (C=O) groups is 1. The maximum atomic E-state index is 12.5. The molecule has 4 heteroatoms. The molecule has 0 radical (unpaired) electrons. The van der Waals surface area contributed by atoms with E-state index in [1.54, 1.807) is 32.4 Å². The van der Waals surface area contributed by atoms with E-state index < -0.39 is 0 Å². The molecule has 3 aromatic rings. The molecule has 0 aliphatic heterocycles. The molecule has 28 heavy (non-hydrogen) atoms. The van der Waals surface area contributed by atoms with Crippen molar-refractivity contribution >= 4 is 11.9 Å². The summed E-state index contributed by atoms with van der Waals surface area (Å²) < 4.78 is 16.5. The van der Waals surface area contributed by atoms with Crippen LogP contribution in [0.25, 0.3) is 6.08 Å². The summed E-state index contributed by atoms with van der Waals surface area (Å²) in [6, 6.07) is 22.7. The second-order valence-electron chi connectivity index (χ2n) is 6.08. The van der Waals surface area contributed by atoms with Crippen molar-refractivity contribution < 1.29 is 19.0 Å². The van der Waals surface area contributed by atoms with Gasteiger partial charge in [0.2, 0.25) is 0 Å². The van der Waals surface area contributed by atoms with Gasteiger partial charge in [0.25, 0.3) is 0 Å². The predicted octanol–water partition coefficient (Wildman–Crippen LogP) is 5.18. The molecule has 0 spiro atoms. The van der Waals surface area contributed by atoms with Crippen molar-refractivity contribution in [2.24, 2.45) is 0 Å². The number of benzene rings is 3. The van der Waals surface area contributed by atoms with Crippen LogP contribution in [0.1, 0.15) is 21.5 Å². The molecule has 0 saturated carbocycles. The Labute approximate surface area is 165 Å². The van der Waals surface area contributed by atoms with Crippen molar-refractivity contribution in [3.05, 3.63) is 95.6 Å². The Morgan fingerprint density at radius 3 is 2.29 bits per heavy atom. The molecule has 0 bridgehead atoms. The van der Waals surface area contributed by atoms with E-state index in [-0.39, 0.29) is 5.78 Å². The van der Waals surface area contributed by atoms with Crippen LogP contribution in [0, 0.1) is 0 Å². The van der Waals surface area contributed by atoms with E-state index in [2.05, 4.69) is 0 Å². The lowest BCUT2D eigenvalue weighted by atomic mass is 10.1. The van der Waals surface area contributed by atoms with Crippen molar-refractivity contribution in [1.29, 1.82) is 0 Å². The Bertz CT molecular complexity index is 961. The molecule has 0 heterocycles. The fraction of sp³-hybridized carbons (Fsp3) is 0.125. The van der Waals surface area contributed by atoms with E-state index in [0.717, 1.165) is 11.1 Å². The molecule has 0 aromatic heterocycles. The first-order valence-electron chi connectivity index (χ1n) is 8.91. The number of para-hydroxylation sites is 1. The highest BCUT2D eigenvalue weighted by Crippen LogP contribution is 2.29. The largest absolute Gasteiger partial charge is 0.496 e. The summed E-state index contributed by atoms with van der Waals surface area (Å²) in [5, 5.41) is 0. The summed E-state index contributed by atoms with van der Waals surface area (Å²) in [6.45, 7) is 0.457. The zero-order chi connectivity index (χ0) is 19.8. The van der Waals surface area contributed by atoms with E-state index >= 15 is 0 Å². The molecular formula is C24H22O4. The summed E-state index contributed by atoms with van der Waals surface area (Å²) >= 11 is 0.